The summed E-state index contributed by atoms with van der Waals surface area (Å²) >= 11 is 0.897. The first-order valence-electron chi connectivity index (χ1n) is 5.49. The van der Waals surface area contributed by atoms with Crippen LogP contribution in [-0.2, 0) is 9.53 Å². The number of aliphatic hydroxyl groups is 2. The van der Waals surface area contributed by atoms with Gasteiger partial charge in [0.1, 0.15) is 6.10 Å². The molecule has 0 fully saturated rings. The van der Waals surface area contributed by atoms with Gasteiger partial charge in [0.2, 0.25) is 0 Å². The Bertz CT molecular complexity index is 465. The van der Waals surface area contributed by atoms with Crippen LogP contribution in [0.4, 0.5) is 0 Å². The fourth-order valence-corrected chi connectivity index (χ4v) is 2.03. The van der Waals surface area contributed by atoms with Crippen LogP contribution in [0.5, 0.6) is 0 Å². The van der Waals surface area contributed by atoms with Crippen LogP contribution >= 0.6 is 11.8 Å². The number of esters is 1. The Balaban J connectivity index is 2.89. The van der Waals surface area contributed by atoms with E-state index in [9.17, 15) is 19.8 Å². The molecule has 1 rings (SSSR count). The SMILES string of the molecule is COC(=O)c1ccncc1C(O)C(O)CSC(C)=O. The highest BCUT2D eigenvalue weighted by Gasteiger charge is 2.24. The van der Waals surface area contributed by atoms with Crippen molar-refractivity contribution < 1.29 is 24.5 Å². The van der Waals surface area contributed by atoms with Crippen LogP contribution in [0.2, 0.25) is 0 Å². The number of carbonyl (C=O) groups excluding carboxylic acids is 2. The fraction of sp³-hybridized carbons (Fsp3) is 0.417. The van der Waals surface area contributed by atoms with Gasteiger partial charge in [0.15, 0.2) is 5.12 Å². The quantitative estimate of drug-likeness (QED) is 0.762. The summed E-state index contributed by atoms with van der Waals surface area (Å²) in [7, 11) is 1.22. The minimum Gasteiger partial charge on any atom is -0.465 e. The van der Waals surface area contributed by atoms with E-state index in [4.69, 9.17) is 0 Å². The number of hydrogen-bond acceptors (Lipinski definition) is 7. The summed E-state index contributed by atoms with van der Waals surface area (Å²) in [6.07, 6.45) is 0.189. The summed E-state index contributed by atoms with van der Waals surface area (Å²) in [4.78, 5) is 26.1. The van der Waals surface area contributed by atoms with Crippen LogP contribution in [-0.4, -0.2) is 45.2 Å². The Morgan fingerprint density at radius 3 is 2.74 bits per heavy atom. The van der Waals surface area contributed by atoms with E-state index in [2.05, 4.69) is 9.72 Å². The maximum Gasteiger partial charge on any atom is 0.338 e. The molecule has 2 unspecified atom stereocenters. The van der Waals surface area contributed by atoms with Crippen molar-refractivity contribution in [2.45, 2.75) is 19.1 Å². The average molecular weight is 285 g/mol. The van der Waals surface area contributed by atoms with Gasteiger partial charge in [0.05, 0.1) is 18.8 Å². The van der Waals surface area contributed by atoms with E-state index < -0.39 is 18.2 Å². The Kier molecular flexibility index (Phi) is 5.94. The second-order valence-electron chi connectivity index (χ2n) is 3.77. The summed E-state index contributed by atoms with van der Waals surface area (Å²) in [5.74, 6) is -0.589. The molecular weight excluding hydrogens is 270 g/mol. The van der Waals surface area contributed by atoms with Gasteiger partial charge in [-0.25, -0.2) is 4.79 Å². The van der Waals surface area contributed by atoms with Gasteiger partial charge in [-0.1, -0.05) is 11.8 Å². The second-order valence-corrected chi connectivity index (χ2v) is 4.97. The van der Waals surface area contributed by atoms with Gasteiger partial charge < -0.3 is 14.9 Å². The average Bonchev–Trinajstić information content (AvgIpc) is 2.42. The third kappa shape index (κ3) is 4.30. The molecule has 2 N–H and O–H groups in total. The van der Waals surface area contributed by atoms with Gasteiger partial charge in [-0.05, 0) is 6.07 Å². The Morgan fingerprint density at radius 2 is 2.16 bits per heavy atom. The lowest BCUT2D eigenvalue weighted by Gasteiger charge is -2.18. The molecule has 1 heterocycles. The van der Waals surface area contributed by atoms with Crippen LogP contribution in [0, 0.1) is 0 Å². The molecule has 0 spiro atoms. The zero-order chi connectivity index (χ0) is 14.4. The molecule has 2 atom stereocenters. The van der Waals surface area contributed by atoms with Gasteiger partial charge in [0, 0.05) is 30.6 Å². The van der Waals surface area contributed by atoms with Gasteiger partial charge in [0.25, 0.3) is 0 Å². The first-order chi connectivity index (χ1) is 8.97. The molecule has 104 valence electrons. The summed E-state index contributed by atoms with van der Waals surface area (Å²) < 4.78 is 4.59. The number of methoxy groups -OCH3 is 1. The number of aliphatic hydroxyl groups excluding tert-OH is 2. The molecule has 6 nitrogen and oxygen atoms in total. The standard InChI is InChI=1S/C12H15NO5S/c1-7(14)19-6-10(15)11(16)9-5-13-4-3-8(9)12(17)18-2/h3-5,10-11,15-16H,6H2,1-2H3. The zero-order valence-electron chi connectivity index (χ0n) is 10.6. The second kappa shape index (κ2) is 7.22. The highest BCUT2D eigenvalue weighted by atomic mass is 32.2. The monoisotopic (exact) mass is 285 g/mol. The summed E-state index contributed by atoms with van der Waals surface area (Å²) in [5.41, 5.74) is 0.308. The van der Waals surface area contributed by atoms with Crippen LogP contribution in [0.25, 0.3) is 0 Å². The van der Waals surface area contributed by atoms with Gasteiger partial charge in [-0.3, -0.25) is 9.78 Å². The third-order valence-corrected chi connectivity index (χ3v) is 3.31. The Hall–Kier alpha value is -1.44. The highest BCUT2D eigenvalue weighted by Crippen LogP contribution is 2.23. The van der Waals surface area contributed by atoms with Gasteiger partial charge >= 0.3 is 5.97 Å². The van der Waals surface area contributed by atoms with Crippen molar-refractivity contribution in [3.05, 3.63) is 29.6 Å². The number of nitrogens with zero attached hydrogens (tertiary/aromatic N) is 1. The molecule has 0 aliphatic rings. The molecule has 0 radical (unpaired) electrons. The van der Waals surface area contributed by atoms with E-state index in [0.717, 1.165) is 11.8 Å². The summed E-state index contributed by atoms with van der Waals surface area (Å²) in [6, 6.07) is 1.40. The van der Waals surface area contributed by atoms with Crippen molar-refractivity contribution in [3.63, 3.8) is 0 Å². The number of thioether (sulfide) groups is 1. The topological polar surface area (TPSA) is 96.7 Å². The lowest BCUT2D eigenvalue weighted by atomic mass is 10.0. The molecule has 0 aliphatic heterocycles. The van der Waals surface area contributed by atoms with Crippen molar-refractivity contribution >= 4 is 22.8 Å². The fourth-order valence-electron chi connectivity index (χ4n) is 1.44. The first kappa shape index (κ1) is 15.6. The predicted molar refractivity (Wildman–Crippen MR) is 69.7 cm³/mol. The molecule has 7 heteroatoms. The molecule has 0 bridgehead atoms. The normalized spacial score (nSPS) is 13.7. The number of pyridine rings is 1. The van der Waals surface area contributed by atoms with Gasteiger partial charge in [-0.15, -0.1) is 0 Å². The van der Waals surface area contributed by atoms with E-state index in [0.29, 0.717) is 0 Å². The van der Waals surface area contributed by atoms with Gasteiger partial charge in [-0.2, -0.15) is 0 Å². The van der Waals surface area contributed by atoms with Crippen LogP contribution in [0.1, 0.15) is 28.9 Å². The van der Waals surface area contributed by atoms with Crippen molar-refractivity contribution in [1.82, 2.24) is 4.98 Å². The maximum absolute atomic E-state index is 11.5. The minimum atomic E-state index is -1.31. The largest absolute Gasteiger partial charge is 0.465 e. The van der Waals surface area contributed by atoms with E-state index >= 15 is 0 Å². The van der Waals surface area contributed by atoms with E-state index in [1.165, 1.54) is 32.5 Å². The Morgan fingerprint density at radius 1 is 1.47 bits per heavy atom. The molecule has 0 amide bonds. The number of rotatable bonds is 5. The maximum atomic E-state index is 11.5. The van der Waals surface area contributed by atoms with Crippen molar-refractivity contribution in [2.24, 2.45) is 0 Å². The third-order valence-electron chi connectivity index (χ3n) is 2.40. The first-order valence-corrected chi connectivity index (χ1v) is 6.47. The molecule has 0 saturated carbocycles. The predicted octanol–water partition coefficient (Wildman–Crippen LogP) is 0.542. The lowest BCUT2D eigenvalue weighted by molar-refractivity contribution is -0.109. The van der Waals surface area contributed by atoms with E-state index in [1.807, 2.05) is 0 Å². The van der Waals surface area contributed by atoms with Crippen molar-refractivity contribution in [2.75, 3.05) is 12.9 Å². The number of aromatic nitrogens is 1. The summed E-state index contributed by atoms with van der Waals surface area (Å²) in [5, 5.41) is 19.6. The molecular formula is C12H15NO5S. The van der Waals surface area contributed by atoms with Crippen LogP contribution in [0.15, 0.2) is 18.5 Å². The molecule has 1 aromatic heterocycles. The van der Waals surface area contributed by atoms with Crippen LogP contribution in [0.3, 0.4) is 0 Å². The number of ether oxygens (including phenoxy) is 1. The summed E-state index contributed by atoms with van der Waals surface area (Å²) in [6.45, 7) is 1.37. The van der Waals surface area contributed by atoms with E-state index in [1.54, 1.807) is 0 Å². The molecule has 0 aromatic carbocycles. The van der Waals surface area contributed by atoms with Crippen molar-refractivity contribution in [3.8, 4) is 0 Å². The molecule has 19 heavy (non-hydrogen) atoms. The lowest BCUT2D eigenvalue weighted by Crippen LogP contribution is -2.23. The Labute approximate surface area is 114 Å². The van der Waals surface area contributed by atoms with Crippen LogP contribution < -0.4 is 0 Å². The van der Waals surface area contributed by atoms with Crippen molar-refractivity contribution in [1.29, 1.82) is 0 Å². The smallest absolute Gasteiger partial charge is 0.338 e. The molecule has 0 aliphatic carbocycles. The highest BCUT2D eigenvalue weighted by molar-refractivity contribution is 8.13. The number of hydrogen-bond donors (Lipinski definition) is 2. The molecule has 0 saturated heterocycles. The number of carbonyl (C=O) groups is 2. The molecule has 1 aromatic rings. The zero-order valence-corrected chi connectivity index (χ0v) is 11.4. The van der Waals surface area contributed by atoms with E-state index in [-0.39, 0.29) is 22.0 Å². The minimum absolute atomic E-state index is 0.0337.